The molecule has 0 radical (unpaired) electrons. The van der Waals surface area contributed by atoms with Crippen molar-refractivity contribution in [1.29, 1.82) is 0 Å². The highest BCUT2D eigenvalue weighted by Crippen LogP contribution is 2.30. The second-order valence-electron chi connectivity index (χ2n) is 7.64. The van der Waals surface area contributed by atoms with Crippen LogP contribution in [0.2, 0.25) is 0 Å². The maximum atomic E-state index is 13.1. The smallest absolute Gasteiger partial charge is 0.253 e. The lowest BCUT2D eigenvalue weighted by atomic mass is 10.2. The fourth-order valence-corrected chi connectivity index (χ4v) is 4.39. The molecule has 1 N–H and O–H groups in total. The molecule has 0 spiro atoms. The first-order chi connectivity index (χ1) is 15.5. The quantitative estimate of drug-likeness (QED) is 0.445. The van der Waals surface area contributed by atoms with Crippen LogP contribution in [0.15, 0.2) is 55.1 Å². The van der Waals surface area contributed by atoms with Gasteiger partial charge < -0.3 is 5.32 Å². The van der Waals surface area contributed by atoms with Gasteiger partial charge in [0, 0.05) is 29.5 Å². The van der Waals surface area contributed by atoms with E-state index in [-0.39, 0.29) is 5.91 Å². The van der Waals surface area contributed by atoms with E-state index in [1.54, 1.807) is 34.5 Å². The van der Waals surface area contributed by atoms with Crippen LogP contribution in [-0.4, -0.2) is 35.3 Å². The van der Waals surface area contributed by atoms with Gasteiger partial charge in [0.15, 0.2) is 5.65 Å². The van der Waals surface area contributed by atoms with Crippen molar-refractivity contribution in [3.8, 4) is 16.3 Å². The molecule has 8 nitrogen and oxygen atoms in total. The number of amides is 1. The fraction of sp³-hybridized carbons (Fsp3) is 0.174. The molecule has 9 heteroatoms. The molecule has 5 rings (SSSR count). The summed E-state index contributed by atoms with van der Waals surface area (Å²) >= 11 is 1.69. The molecule has 0 aliphatic rings. The Bertz CT molecular complexity index is 1430. The van der Waals surface area contributed by atoms with Gasteiger partial charge in [-0.15, -0.1) is 16.4 Å². The van der Waals surface area contributed by atoms with Crippen LogP contribution in [0.3, 0.4) is 0 Å². The molecule has 0 saturated carbocycles. The number of hydrogen-bond donors (Lipinski definition) is 1. The number of pyridine rings is 2. The van der Waals surface area contributed by atoms with Crippen LogP contribution in [-0.2, 0) is 6.54 Å². The van der Waals surface area contributed by atoms with Gasteiger partial charge in [0.25, 0.3) is 5.91 Å². The lowest BCUT2D eigenvalue weighted by Gasteiger charge is -2.11. The highest BCUT2D eigenvalue weighted by Gasteiger charge is 2.18. The molecule has 0 aromatic carbocycles. The fourth-order valence-electron chi connectivity index (χ4n) is 3.52. The maximum absolute atomic E-state index is 13.1. The minimum Gasteiger partial charge on any atom is -0.348 e. The molecule has 0 aliphatic heterocycles. The standard InChI is InChI=1S/C23H21N7OS/c1-14-4-6-17(10-24-14)11-26-23(31)18-8-19(30-15(2)9-27-28-30)22-25-12-20(29(22)13-18)21-7-5-16(3)32-21/h4-10,12-13H,11H2,1-3H3,(H,26,31). The maximum Gasteiger partial charge on any atom is 0.253 e. The van der Waals surface area contributed by atoms with Crippen LogP contribution in [0.4, 0.5) is 0 Å². The third kappa shape index (κ3) is 3.67. The van der Waals surface area contributed by atoms with E-state index in [1.165, 1.54) is 4.88 Å². The van der Waals surface area contributed by atoms with Gasteiger partial charge in [0.1, 0.15) is 5.69 Å². The average Bonchev–Trinajstić information content (AvgIpc) is 3.52. The molecule has 5 heterocycles. The predicted octanol–water partition coefficient (Wildman–Crippen LogP) is 3.89. The first kappa shape index (κ1) is 20.1. The van der Waals surface area contributed by atoms with Crippen LogP contribution >= 0.6 is 11.3 Å². The molecule has 0 saturated heterocycles. The van der Waals surface area contributed by atoms with Gasteiger partial charge in [-0.3, -0.25) is 14.2 Å². The zero-order valence-corrected chi connectivity index (χ0v) is 18.7. The van der Waals surface area contributed by atoms with Gasteiger partial charge in [0.2, 0.25) is 0 Å². The van der Waals surface area contributed by atoms with Gasteiger partial charge >= 0.3 is 0 Å². The number of aromatic nitrogens is 6. The van der Waals surface area contributed by atoms with E-state index in [0.717, 1.165) is 27.5 Å². The van der Waals surface area contributed by atoms with Crippen molar-refractivity contribution in [2.24, 2.45) is 0 Å². The molecule has 0 aliphatic carbocycles. The first-order valence-electron chi connectivity index (χ1n) is 10.1. The molecule has 0 fully saturated rings. The van der Waals surface area contributed by atoms with Crippen LogP contribution in [0.1, 0.15) is 32.2 Å². The number of imidazole rings is 1. The van der Waals surface area contributed by atoms with Gasteiger partial charge in [-0.05, 0) is 50.6 Å². The van der Waals surface area contributed by atoms with E-state index >= 15 is 0 Å². The monoisotopic (exact) mass is 443 g/mol. The Labute approximate surface area is 188 Å². The Balaban J connectivity index is 1.58. The molecule has 5 aromatic rings. The molecule has 1 amide bonds. The molecular weight excluding hydrogens is 422 g/mol. The molecule has 5 aromatic heterocycles. The van der Waals surface area contributed by atoms with Gasteiger partial charge in [-0.2, -0.15) is 0 Å². The minimum absolute atomic E-state index is 0.187. The number of carbonyl (C=O) groups excluding carboxylic acids is 1. The van der Waals surface area contributed by atoms with Crippen molar-refractivity contribution in [1.82, 2.24) is 34.7 Å². The third-order valence-electron chi connectivity index (χ3n) is 5.21. The normalized spacial score (nSPS) is 11.2. The summed E-state index contributed by atoms with van der Waals surface area (Å²) in [6.45, 7) is 6.31. The molecular formula is C23H21N7OS. The lowest BCUT2D eigenvalue weighted by Crippen LogP contribution is -2.23. The average molecular weight is 444 g/mol. The van der Waals surface area contributed by atoms with Crippen LogP contribution in [0.5, 0.6) is 0 Å². The number of nitrogens with one attached hydrogen (secondary N) is 1. The van der Waals surface area contributed by atoms with Crippen molar-refractivity contribution in [2.75, 3.05) is 0 Å². The summed E-state index contributed by atoms with van der Waals surface area (Å²) in [7, 11) is 0. The molecule has 32 heavy (non-hydrogen) atoms. The van der Waals surface area contributed by atoms with Gasteiger partial charge in [0.05, 0.1) is 34.2 Å². The number of aryl methyl sites for hydroxylation is 3. The molecule has 0 bridgehead atoms. The number of rotatable bonds is 5. The predicted molar refractivity (Wildman–Crippen MR) is 123 cm³/mol. The summed E-state index contributed by atoms with van der Waals surface area (Å²) in [5, 5.41) is 11.2. The summed E-state index contributed by atoms with van der Waals surface area (Å²) in [4.78, 5) is 24.3. The van der Waals surface area contributed by atoms with E-state index < -0.39 is 0 Å². The first-order valence-corrected chi connectivity index (χ1v) is 11.0. The van der Waals surface area contributed by atoms with E-state index in [4.69, 9.17) is 0 Å². The summed E-state index contributed by atoms with van der Waals surface area (Å²) in [5.74, 6) is -0.187. The van der Waals surface area contributed by atoms with Crippen molar-refractivity contribution in [3.63, 3.8) is 0 Å². The number of fused-ring (bicyclic) bond motifs is 1. The molecule has 0 atom stereocenters. The van der Waals surface area contributed by atoms with E-state index in [1.807, 2.05) is 42.8 Å². The van der Waals surface area contributed by atoms with Crippen molar-refractivity contribution < 1.29 is 4.79 Å². The topological polar surface area (TPSA) is 90.0 Å². The second-order valence-corrected chi connectivity index (χ2v) is 8.93. The molecule has 160 valence electrons. The summed E-state index contributed by atoms with van der Waals surface area (Å²) in [6.07, 6.45) is 7.11. The van der Waals surface area contributed by atoms with Gasteiger partial charge in [-0.25, -0.2) is 9.67 Å². The number of thiophene rings is 1. The Morgan fingerprint density at radius 1 is 1.06 bits per heavy atom. The SMILES string of the molecule is Cc1ccc(CNC(=O)c2cc(-n3nncc3C)c3ncc(-c4ccc(C)s4)n3c2)cn1. The zero-order chi connectivity index (χ0) is 22.2. The Morgan fingerprint density at radius 2 is 1.94 bits per heavy atom. The summed E-state index contributed by atoms with van der Waals surface area (Å²) in [6, 6.07) is 9.84. The Morgan fingerprint density at radius 3 is 2.62 bits per heavy atom. The number of nitrogens with zero attached hydrogens (tertiary/aromatic N) is 6. The highest BCUT2D eigenvalue weighted by molar-refractivity contribution is 7.15. The lowest BCUT2D eigenvalue weighted by molar-refractivity contribution is 0.0950. The van der Waals surface area contributed by atoms with Crippen LogP contribution in [0, 0.1) is 20.8 Å². The van der Waals surface area contributed by atoms with Crippen molar-refractivity contribution >= 4 is 22.9 Å². The summed E-state index contributed by atoms with van der Waals surface area (Å²) < 4.78 is 3.65. The highest BCUT2D eigenvalue weighted by atomic mass is 32.1. The van der Waals surface area contributed by atoms with Crippen molar-refractivity contribution in [3.05, 3.63) is 82.5 Å². The number of carbonyl (C=O) groups is 1. The Hall–Kier alpha value is -3.85. The summed E-state index contributed by atoms with van der Waals surface area (Å²) in [5.41, 5.74) is 5.57. The minimum atomic E-state index is -0.187. The van der Waals surface area contributed by atoms with Crippen LogP contribution in [0.25, 0.3) is 21.9 Å². The second kappa shape index (κ2) is 8.01. The van der Waals surface area contributed by atoms with Gasteiger partial charge in [-0.1, -0.05) is 11.3 Å². The Kier molecular flexibility index (Phi) is 5.02. The van der Waals surface area contributed by atoms with Crippen LogP contribution < -0.4 is 5.32 Å². The number of hydrogen-bond acceptors (Lipinski definition) is 6. The van der Waals surface area contributed by atoms with E-state index in [9.17, 15) is 4.79 Å². The zero-order valence-electron chi connectivity index (χ0n) is 17.9. The largest absolute Gasteiger partial charge is 0.348 e. The third-order valence-corrected chi connectivity index (χ3v) is 6.24. The molecule has 0 unspecified atom stereocenters. The van der Waals surface area contributed by atoms with E-state index in [0.29, 0.717) is 23.4 Å². The van der Waals surface area contributed by atoms with E-state index in [2.05, 4.69) is 44.7 Å². The van der Waals surface area contributed by atoms with Crippen molar-refractivity contribution in [2.45, 2.75) is 27.3 Å².